The Balaban J connectivity index is 1.41. The van der Waals surface area contributed by atoms with E-state index in [1.807, 2.05) is 0 Å². The quantitative estimate of drug-likeness (QED) is 0.698. The number of amides is 1. The molecule has 1 N–H and O–H groups in total. The Hall–Kier alpha value is -2.41. The molecule has 0 aliphatic carbocycles. The second-order valence-electron chi connectivity index (χ2n) is 6.75. The standard InChI is InChI=1S/C18H21N3O7S2/c1-11-17(29-18(19-11)20-12(2)22)30(23,24)21-5-6-25-14(8-21)9-26-13-3-4-15-16(7-13)28-10-27-15/h3-4,7,14H,5-6,8-10H2,1-2H3,(H,19,20,22). The molecular weight excluding hydrogens is 434 g/mol. The van der Waals surface area contributed by atoms with Gasteiger partial charge in [0.15, 0.2) is 20.8 Å². The molecule has 2 aromatic rings. The zero-order valence-electron chi connectivity index (χ0n) is 16.4. The van der Waals surface area contributed by atoms with Gasteiger partial charge in [-0.3, -0.25) is 4.79 Å². The van der Waals surface area contributed by atoms with Crippen LogP contribution in [0.25, 0.3) is 0 Å². The van der Waals surface area contributed by atoms with Crippen molar-refractivity contribution in [3.8, 4) is 17.2 Å². The zero-order valence-corrected chi connectivity index (χ0v) is 18.0. The molecule has 0 saturated carbocycles. The normalized spacial score (nSPS) is 18.9. The maximum Gasteiger partial charge on any atom is 0.254 e. The average Bonchev–Trinajstić information content (AvgIpc) is 3.32. The van der Waals surface area contributed by atoms with Crippen molar-refractivity contribution in [1.29, 1.82) is 0 Å². The summed E-state index contributed by atoms with van der Waals surface area (Å²) in [6, 6.07) is 5.24. The van der Waals surface area contributed by atoms with E-state index in [1.165, 1.54) is 11.2 Å². The van der Waals surface area contributed by atoms with Crippen LogP contribution in [0.5, 0.6) is 17.2 Å². The summed E-state index contributed by atoms with van der Waals surface area (Å²) in [6.45, 7) is 3.95. The highest BCUT2D eigenvalue weighted by Gasteiger charge is 2.34. The van der Waals surface area contributed by atoms with Crippen LogP contribution in [0.3, 0.4) is 0 Å². The number of benzene rings is 1. The number of aryl methyl sites for hydroxylation is 1. The number of ether oxygens (including phenoxy) is 4. The van der Waals surface area contributed by atoms with E-state index >= 15 is 0 Å². The zero-order chi connectivity index (χ0) is 21.3. The van der Waals surface area contributed by atoms with Crippen molar-refractivity contribution in [2.75, 3.05) is 38.4 Å². The number of fused-ring (bicyclic) bond motifs is 1. The summed E-state index contributed by atoms with van der Waals surface area (Å²) in [7, 11) is -3.77. The first kappa shape index (κ1) is 20.8. The first-order chi connectivity index (χ1) is 14.3. The molecule has 0 radical (unpaired) electrons. The number of carbonyl (C=O) groups excluding carboxylic acids is 1. The molecule has 0 spiro atoms. The van der Waals surface area contributed by atoms with E-state index in [2.05, 4.69) is 10.3 Å². The predicted octanol–water partition coefficient (Wildman–Crippen LogP) is 1.61. The van der Waals surface area contributed by atoms with Gasteiger partial charge in [0.2, 0.25) is 12.7 Å². The molecule has 1 fully saturated rings. The van der Waals surface area contributed by atoms with Crippen LogP contribution in [0.2, 0.25) is 0 Å². The second kappa shape index (κ2) is 8.38. The SMILES string of the molecule is CC(=O)Nc1nc(C)c(S(=O)(=O)N2CCOC(COc3ccc4c(c3)OCO4)C2)s1. The molecule has 1 atom stereocenters. The number of thiazole rings is 1. The van der Waals surface area contributed by atoms with Crippen LogP contribution >= 0.6 is 11.3 Å². The van der Waals surface area contributed by atoms with Gasteiger partial charge in [0.05, 0.1) is 12.3 Å². The molecule has 0 bridgehead atoms. The molecule has 1 saturated heterocycles. The topological polar surface area (TPSA) is 116 Å². The number of hydrogen-bond donors (Lipinski definition) is 1. The van der Waals surface area contributed by atoms with E-state index in [0.29, 0.717) is 22.9 Å². The van der Waals surface area contributed by atoms with Crippen LogP contribution in [0.1, 0.15) is 12.6 Å². The van der Waals surface area contributed by atoms with Gasteiger partial charge in [-0.2, -0.15) is 4.31 Å². The first-order valence-electron chi connectivity index (χ1n) is 9.22. The highest BCUT2D eigenvalue weighted by atomic mass is 32.2. The number of nitrogens with one attached hydrogen (secondary N) is 1. The third-order valence-corrected chi connectivity index (χ3v) is 8.02. The van der Waals surface area contributed by atoms with Crippen LogP contribution in [0, 0.1) is 6.92 Å². The minimum absolute atomic E-state index is 0.114. The summed E-state index contributed by atoms with van der Waals surface area (Å²) in [5.74, 6) is 1.55. The van der Waals surface area contributed by atoms with Gasteiger partial charge in [0.1, 0.15) is 18.5 Å². The van der Waals surface area contributed by atoms with Gasteiger partial charge < -0.3 is 24.3 Å². The lowest BCUT2D eigenvalue weighted by Gasteiger charge is -2.31. The molecule has 1 aromatic carbocycles. The Morgan fingerprint density at radius 3 is 2.97 bits per heavy atom. The molecule has 2 aliphatic rings. The lowest BCUT2D eigenvalue weighted by molar-refractivity contribution is -0.114. The van der Waals surface area contributed by atoms with Crippen LogP contribution in [-0.2, 0) is 19.6 Å². The van der Waals surface area contributed by atoms with Gasteiger partial charge >= 0.3 is 0 Å². The van der Waals surface area contributed by atoms with Crippen molar-refractivity contribution in [3.63, 3.8) is 0 Å². The van der Waals surface area contributed by atoms with Gasteiger partial charge in [-0.15, -0.1) is 0 Å². The lowest BCUT2D eigenvalue weighted by Crippen LogP contribution is -2.47. The third-order valence-electron chi connectivity index (χ3n) is 4.49. The van der Waals surface area contributed by atoms with Crippen LogP contribution in [0.15, 0.2) is 22.4 Å². The molecular formula is C18H21N3O7S2. The molecule has 2 aliphatic heterocycles. The van der Waals surface area contributed by atoms with Gasteiger partial charge in [0.25, 0.3) is 10.0 Å². The summed E-state index contributed by atoms with van der Waals surface area (Å²) in [4.78, 5) is 15.4. The lowest BCUT2D eigenvalue weighted by atomic mass is 10.3. The number of anilines is 1. The number of rotatable bonds is 6. The van der Waals surface area contributed by atoms with Crippen LogP contribution in [0.4, 0.5) is 5.13 Å². The number of morpholine rings is 1. The van der Waals surface area contributed by atoms with E-state index in [1.54, 1.807) is 25.1 Å². The summed E-state index contributed by atoms with van der Waals surface area (Å²) in [5, 5.41) is 2.79. The number of hydrogen-bond acceptors (Lipinski definition) is 9. The number of nitrogens with zero attached hydrogens (tertiary/aromatic N) is 2. The summed E-state index contributed by atoms with van der Waals surface area (Å²) in [5.41, 5.74) is 0.350. The molecule has 1 unspecified atom stereocenters. The van der Waals surface area contributed by atoms with Crippen LogP contribution in [-0.4, -0.2) is 62.8 Å². The maximum atomic E-state index is 13.1. The smallest absolute Gasteiger partial charge is 0.254 e. The van der Waals surface area contributed by atoms with Crippen molar-refractivity contribution < 1.29 is 32.2 Å². The highest BCUT2D eigenvalue weighted by Crippen LogP contribution is 2.35. The minimum Gasteiger partial charge on any atom is -0.491 e. The fourth-order valence-electron chi connectivity index (χ4n) is 3.11. The van der Waals surface area contributed by atoms with Gasteiger partial charge in [-0.1, -0.05) is 11.3 Å². The first-order valence-corrected chi connectivity index (χ1v) is 11.5. The minimum atomic E-state index is -3.77. The fourth-order valence-corrected chi connectivity index (χ4v) is 6.16. The highest BCUT2D eigenvalue weighted by molar-refractivity contribution is 7.91. The largest absolute Gasteiger partial charge is 0.491 e. The Bertz CT molecular complexity index is 1050. The molecule has 10 nitrogen and oxygen atoms in total. The number of sulfonamides is 1. The summed E-state index contributed by atoms with van der Waals surface area (Å²) >= 11 is 0.941. The van der Waals surface area contributed by atoms with Gasteiger partial charge in [-0.05, 0) is 19.1 Å². The molecule has 30 heavy (non-hydrogen) atoms. The molecule has 1 aromatic heterocycles. The predicted molar refractivity (Wildman–Crippen MR) is 108 cm³/mol. The van der Waals surface area contributed by atoms with Crippen molar-refractivity contribution >= 4 is 32.4 Å². The molecule has 1 amide bonds. The summed E-state index contributed by atoms with van der Waals surface area (Å²) in [6.07, 6.45) is -0.429. The maximum absolute atomic E-state index is 13.1. The molecule has 12 heteroatoms. The second-order valence-corrected chi connectivity index (χ2v) is 9.89. The van der Waals surface area contributed by atoms with Crippen molar-refractivity contribution in [3.05, 3.63) is 23.9 Å². The Kier molecular flexibility index (Phi) is 5.82. The summed E-state index contributed by atoms with van der Waals surface area (Å²) < 4.78 is 49.8. The van der Waals surface area contributed by atoms with E-state index in [-0.39, 0.29) is 48.3 Å². The van der Waals surface area contributed by atoms with E-state index in [9.17, 15) is 13.2 Å². The van der Waals surface area contributed by atoms with Crippen molar-refractivity contribution in [2.24, 2.45) is 0 Å². The van der Waals surface area contributed by atoms with Crippen LogP contribution < -0.4 is 19.5 Å². The van der Waals surface area contributed by atoms with E-state index in [4.69, 9.17) is 18.9 Å². The number of aromatic nitrogens is 1. The third kappa shape index (κ3) is 4.36. The van der Waals surface area contributed by atoms with E-state index in [0.717, 1.165) is 11.3 Å². The monoisotopic (exact) mass is 455 g/mol. The Morgan fingerprint density at radius 1 is 1.37 bits per heavy atom. The van der Waals surface area contributed by atoms with Crippen molar-refractivity contribution in [2.45, 2.75) is 24.2 Å². The number of carbonyl (C=O) groups is 1. The Morgan fingerprint density at radius 2 is 2.17 bits per heavy atom. The molecule has 4 rings (SSSR count). The molecule has 162 valence electrons. The average molecular weight is 456 g/mol. The Labute approximate surface area is 177 Å². The van der Waals surface area contributed by atoms with Gasteiger partial charge in [-0.25, -0.2) is 13.4 Å². The molecule has 3 heterocycles. The fraction of sp³-hybridized carbons (Fsp3) is 0.444. The van der Waals surface area contributed by atoms with E-state index < -0.39 is 16.1 Å². The van der Waals surface area contributed by atoms with Crippen molar-refractivity contribution in [1.82, 2.24) is 9.29 Å². The van der Waals surface area contributed by atoms with Gasteiger partial charge in [0, 0.05) is 26.1 Å².